The molecule has 36 heavy (non-hydrogen) atoms. The Hall–Kier alpha value is -3.69. The third-order valence-corrected chi connectivity index (χ3v) is 3.94. The zero-order valence-corrected chi connectivity index (χ0v) is 19.9. The molecule has 5 aliphatic heterocycles. The average Bonchev–Trinajstić information content (AvgIpc) is 3.67. The summed E-state index contributed by atoms with van der Waals surface area (Å²) in [6.07, 6.45) is -1.68. The van der Waals surface area contributed by atoms with Crippen LogP contribution >= 0.6 is 0 Å². The first kappa shape index (κ1) is 30.3. The Morgan fingerprint density at radius 1 is 0.611 bits per heavy atom. The summed E-state index contributed by atoms with van der Waals surface area (Å²) >= 11 is 0. The van der Waals surface area contributed by atoms with Crippen molar-refractivity contribution in [3.8, 4) is 0 Å². The lowest BCUT2D eigenvalue weighted by Gasteiger charge is -2.09. The minimum atomic E-state index is -0.691. The topological polar surface area (TPSA) is 198 Å². The first-order chi connectivity index (χ1) is 17.2. The van der Waals surface area contributed by atoms with Crippen LogP contribution in [0.2, 0.25) is 0 Å². The zero-order valence-electron chi connectivity index (χ0n) is 19.9. The van der Waals surface area contributed by atoms with Crippen LogP contribution in [0.5, 0.6) is 0 Å². The van der Waals surface area contributed by atoms with Crippen LogP contribution in [0.15, 0.2) is 0 Å². The third-order valence-electron chi connectivity index (χ3n) is 3.94. The van der Waals surface area contributed by atoms with E-state index < -0.39 is 36.9 Å². The van der Waals surface area contributed by atoms with E-state index >= 15 is 0 Å². The van der Waals surface area contributed by atoms with Crippen molar-refractivity contribution < 1.29 is 76.4 Å². The van der Waals surface area contributed by atoms with Gasteiger partial charge in [-0.05, 0) is 13.3 Å². The molecule has 0 radical (unpaired) electrons. The number of cyclic esters (lactones) is 10. The summed E-state index contributed by atoms with van der Waals surface area (Å²) in [5.41, 5.74) is 0. The Kier molecular flexibility index (Phi) is 14.9. The number of aliphatic hydroxyl groups excluding tert-OH is 1. The van der Waals surface area contributed by atoms with E-state index in [-0.39, 0.29) is 25.4 Å². The molecule has 0 bridgehead atoms. The van der Waals surface area contributed by atoms with Crippen molar-refractivity contribution in [2.24, 2.45) is 0 Å². The lowest BCUT2D eigenvalue weighted by atomic mass is 10.3. The summed E-state index contributed by atoms with van der Waals surface area (Å²) in [7, 11) is 0. The molecule has 0 aromatic carbocycles. The molecular weight excluding hydrogens is 496 g/mol. The molecule has 16 heteroatoms. The Labute approximate surface area is 205 Å². The Bertz CT molecular complexity index is 660. The molecule has 5 rings (SSSR count). The van der Waals surface area contributed by atoms with Gasteiger partial charge in [-0.25, -0.2) is 24.0 Å². The minimum Gasteiger partial charge on any atom is -0.434 e. The summed E-state index contributed by atoms with van der Waals surface area (Å²) in [4.78, 5) is 50.1. The summed E-state index contributed by atoms with van der Waals surface area (Å²) in [5.74, 6) is 0. The fourth-order valence-corrected chi connectivity index (χ4v) is 2.14. The molecule has 0 spiro atoms. The van der Waals surface area contributed by atoms with Gasteiger partial charge in [0.05, 0.1) is 19.8 Å². The van der Waals surface area contributed by atoms with Gasteiger partial charge in [0.2, 0.25) is 0 Å². The summed E-state index contributed by atoms with van der Waals surface area (Å²) in [6, 6.07) is 0. The number of rotatable bonds is 2. The number of aliphatic hydroxyl groups is 1. The maximum Gasteiger partial charge on any atom is 0.508 e. The number of ether oxygens (including phenoxy) is 10. The molecule has 0 aromatic heterocycles. The van der Waals surface area contributed by atoms with Gasteiger partial charge in [-0.15, -0.1) is 0 Å². The molecule has 3 atom stereocenters. The van der Waals surface area contributed by atoms with Crippen molar-refractivity contribution in [1.82, 2.24) is 0 Å². The third kappa shape index (κ3) is 14.5. The van der Waals surface area contributed by atoms with Gasteiger partial charge in [-0.1, -0.05) is 6.92 Å². The van der Waals surface area contributed by atoms with E-state index in [0.717, 1.165) is 12.8 Å². The van der Waals surface area contributed by atoms with Crippen LogP contribution < -0.4 is 0 Å². The largest absolute Gasteiger partial charge is 0.508 e. The molecule has 1 N–H and O–H groups in total. The van der Waals surface area contributed by atoms with Crippen LogP contribution in [0.4, 0.5) is 24.0 Å². The van der Waals surface area contributed by atoms with E-state index in [0.29, 0.717) is 39.6 Å². The van der Waals surface area contributed by atoms with Crippen LogP contribution in [-0.2, 0) is 47.4 Å². The van der Waals surface area contributed by atoms with E-state index in [1.54, 1.807) is 6.92 Å². The monoisotopic (exact) mass is 526 g/mol. The van der Waals surface area contributed by atoms with Crippen LogP contribution in [0.25, 0.3) is 0 Å². The lowest BCUT2D eigenvalue weighted by molar-refractivity contribution is 0.0192. The molecular formula is C20H30O16. The van der Waals surface area contributed by atoms with Crippen molar-refractivity contribution in [3.63, 3.8) is 0 Å². The molecule has 0 saturated carbocycles. The molecule has 0 amide bonds. The summed E-state index contributed by atoms with van der Waals surface area (Å²) in [6.45, 7) is 6.43. The molecule has 206 valence electrons. The smallest absolute Gasteiger partial charge is 0.434 e. The fourth-order valence-electron chi connectivity index (χ4n) is 2.14. The molecule has 0 aromatic rings. The van der Waals surface area contributed by atoms with E-state index in [4.69, 9.17) is 5.11 Å². The number of hydrogen-bond donors (Lipinski definition) is 1. The zero-order chi connectivity index (χ0) is 26.8. The number of carbonyl (C=O) groups is 5. The molecule has 3 unspecified atom stereocenters. The Balaban J connectivity index is 0.000000226. The highest BCUT2D eigenvalue weighted by Gasteiger charge is 2.23. The summed E-state index contributed by atoms with van der Waals surface area (Å²) < 4.78 is 44.2. The molecule has 5 aliphatic rings. The Morgan fingerprint density at radius 2 is 1.06 bits per heavy atom. The lowest BCUT2D eigenvalue weighted by Crippen LogP contribution is -2.16. The van der Waals surface area contributed by atoms with Crippen LogP contribution in [0.3, 0.4) is 0 Å². The van der Waals surface area contributed by atoms with Gasteiger partial charge in [0.15, 0.2) is 6.10 Å². The maximum atomic E-state index is 10.2. The highest BCUT2D eigenvalue weighted by molar-refractivity contribution is 5.62. The Morgan fingerprint density at radius 3 is 1.25 bits per heavy atom. The number of hydrogen-bond acceptors (Lipinski definition) is 16. The first-order valence-electron chi connectivity index (χ1n) is 10.9. The molecule has 5 fully saturated rings. The first-order valence-corrected chi connectivity index (χ1v) is 10.9. The van der Waals surface area contributed by atoms with E-state index in [2.05, 4.69) is 47.4 Å². The molecule has 16 nitrogen and oxygen atoms in total. The SMILES string of the molecule is CC1COC(=O)O1.CCC1COC(=O)O1.O=C1OCC(CO)O1.O=C1OCCCO1.O=C1OCCO1. The highest BCUT2D eigenvalue weighted by atomic mass is 16.8. The van der Waals surface area contributed by atoms with Crippen molar-refractivity contribution in [1.29, 1.82) is 0 Å². The van der Waals surface area contributed by atoms with Crippen LogP contribution in [0.1, 0.15) is 26.7 Å². The quantitative estimate of drug-likeness (QED) is 0.402. The molecule has 5 saturated heterocycles. The second-order valence-corrected chi connectivity index (χ2v) is 6.93. The van der Waals surface area contributed by atoms with Crippen LogP contribution in [-0.4, -0.2) is 107 Å². The van der Waals surface area contributed by atoms with Crippen molar-refractivity contribution in [3.05, 3.63) is 0 Å². The fraction of sp³-hybridized carbons (Fsp3) is 0.750. The van der Waals surface area contributed by atoms with Crippen LogP contribution in [0, 0.1) is 0 Å². The molecule has 5 heterocycles. The van der Waals surface area contributed by atoms with Gasteiger partial charge in [0.25, 0.3) is 0 Å². The minimum absolute atomic E-state index is 0.00231. The predicted octanol–water partition coefficient (Wildman–Crippen LogP) is 1.68. The molecule has 0 aliphatic carbocycles. The van der Waals surface area contributed by atoms with E-state index in [1.807, 2.05) is 6.92 Å². The number of carbonyl (C=O) groups excluding carboxylic acids is 5. The van der Waals surface area contributed by atoms with Gasteiger partial charge in [-0.3, -0.25) is 0 Å². The van der Waals surface area contributed by atoms with Gasteiger partial charge < -0.3 is 52.5 Å². The maximum absolute atomic E-state index is 10.2. The van der Waals surface area contributed by atoms with Crippen molar-refractivity contribution >= 4 is 30.8 Å². The normalized spacial score (nSPS) is 25.0. The van der Waals surface area contributed by atoms with Gasteiger partial charge >= 0.3 is 30.8 Å². The highest BCUT2D eigenvalue weighted by Crippen LogP contribution is 2.08. The van der Waals surface area contributed by atoms with Crippen molar-refractivity contribution in [2.75, 3.05) is 52.9 Å². The van der Waals surface area contributed by atoms with E-state index in [9.17, 15) is 24.0 Å². The standard InChI is InChI=1S/C5H8O3.C4H6O4.2C4H6O3.C3H4O3/c1-2-4-3-7-5(6)8-4;5-1-3-2-7-4(6)8-3;1-3-2-6-4(5)7-3;5-4-6-2-1-3-7-4;4-3-5-1-2-6-3/h4H,2-3H2,1H3;3,5H,1-2H2;3H,2H2,1H3;1-3H2;1-2H2. The van der Waals surface area contributed by atoms with Gasteiger partial charge in [0, 0.05) is 6.42 Å². The second kappa shape index (κ2) is 17.7. The summed E-state index contributed by atoms with van der Waals surface area (Å²) in [5, 5.41) is 8.33. The second-order valence-electron chi connectivity index (χ2n) is 6.93. The van der Waals surface area contributed by atoms with Crippen molar-refractivity contribution in [2.45, 2.75) is 45.0 Å². The van der Waals surface area contributed by atoms with Gasteiger partial charge in [-0.2, -0.15) is 0 Å². The van der Waals surface area contributed by atoms with Gasteiger partial charge in [0.1, 0.15) is 45.2 Å². The van der Waals surface area contributed by atoms with E-state index in [1.165, 1.54) is 0 Å². The average molecular weight is 526 g/mol. The predicted molar refractivity (Wildman–Crippen MR) is 111 cm³/mol.